The SMILES string of the molecule is C1=CN=c2c(c3nccnc3c3nccnc23)=NC1. The molecular weight excluding hydrogens is 240 g/mol. The van der Waals surface area contributed by atoms with Gasteiger partial charge < -0.3 is 0 Å². The van der Waals surface area contributed by atoms with E-state index in [9.17, 15) is 0 Å². The molecule has 1 aliphatic heterocycles. The molecule has 1 aliphatic rings. The van der Waals surface area contributed by atoms with E-state index in [1.54, 1.807) is 31.0 Å². The van der Waals surface area contributed by atoms with Crippen LogP contribution < -0.4 is 10.7 Å². The highest BCUT2D eigenvalue weighted by Gasteiger charge is 2.11. The van der Waals surface area contributed by atoms with Crippen LogP contribution in [0.25, 0.3) is 22.1 Å². The zero-order chi connectivity index (χ0) is 12.7. The molecule has 0 atom stereocenters. The van der Waals surface area contributed by atoms with Crippen LogP contribution >= 0.6 is 0 Å². The van der Waals surface area contributed by atoms with E-state index >= 15 is 0 Å². The maximum absolute atomic E-state index is 4.51. The van der Waals surface area contributed by atoms with Gasteiger partial charge in [0.25, 0.3) is 0 Å². The van der Waals surface area contributed by atoms with Crippen LogP contribution in [-0.2, 0) is 0 Å². The summed E-state index contributed by atoms with van der Waals surface area (Å²) in [5.41, 5.74) is 2.85. The number of benzene rings is 1. The molecule has 90 valence electrons. The summed E-state index contributed by atoms with van der Waals surface area (Å²) >= 11 is 0. The molecule has 3 heterocycles. The number of nitrogens with zero attached hydrogens (tertiary/aromatic N) is 6. The van der Waals surface area contributed by atoms with Crippen molar-refractivity contribution in [3.05, 3.63) is 47.8 Å². The van der Waals surface area contributed by atoms with Gasteiger partial charge in [-0.25, -0.2) is 0 Å². The molecule has 3 aromatic rings. The summed E-state index contributed by atoms with van der Waals surface area (Å²) in [4.78, 5) is 26.4. The van der Waals surface area contributed by atoms with Gasteiger partial charge in [-0.1, -0.05) is 0 Å². The van der Waals surface area contributed by atoms with Crippen LogP contribution in [0, 0.1) is 0 Å². The van der Waals surface area contributed by atoms with Crippen molar-refractivity contribution in [1.29, 1.82) is 0 Å². The fourth-order valence-corrected chi connectivity index (χ4v) is 2.18. The highest BCUT2D eigenvalue weighted by atomic mass is 14.9. The van der Waals surface area contributed by atoms with Gasteiger partial charge >= 0.3 is 0 Å². The quantitative estimate of drug-likeness (QED) is 0.537. The number of hydrogen-bond donors (Lipinski definition) is 0. The molecule has 2 aromatic heterocycles. The monoisotopic (exact) mass is 248 g/mol. The van der Waals surface area contributed by atoms with Gasteiger partial charge in [-0.05, 0) is 6.08 Å². The Bertz CT molecular complexity index is 944. The molecule has 0 aliphatic carbocycles. The van der Waals surface area contributed by atoms with Crippen molar-refractivity contribution in [3.63, 3.8) is 0 Å². The molecule has 0 bridgehead atoms. The molecule has 0 radical (unpaired) electrons. The molecule has 4 rings (SSSR count). The number of hydrogen-bond acceptors (Lipinski definition) is 6. The minimum absolute atomic E-state index is 0.577. The molecule has 0 amide bonds. The molecule has 0 N–H and O–H groups in total. The van der Waals surface area contributed by atoms with Crippen LogP contribution in [0.2, 0.25) is 0 Å². The lowest BCUT2D eigenvalue weighted by atomic mass is 10.2. The van der Waals surface area contributed by atoms with Gasteiger partial charge in [-0.2, -0.15) is 0 Å². The summed E-state index contributed by atoms with van der Waals surface area (Å²) in [5, 5.41) is 1.45. The van der Waals surface area contributed by atoms with Gasteiger partial charge in [-0.3, -0.25) is 29.9 Å². The van der Waals surface area contributed by atoms with E-state index in [-0.39, 0.29) is 0 Å². The lowest BCUT2D eigenvalue weighted by molar-refractivity contribution is 1.13. The van der Waals surface area contributed by atoms with Crippen LogP contribution in [-0.4, -0.2) is 26.5 Å². The lowest BCUT2D eigenvalue weighted by Gasteiger charge is -2.01. The Labute approximate surface area is 107 Å². The van der Waals surface area contributed by atoms with Gasteiger partial charge in [0.15, 0.2) is 0 Å². The van der Waals surface area contributed by atoms with Crippen molar-refractivity contribution in [2.45, 2.75) is 0 Å². The summed E-state index contributed by atoms with van der Waals surface area (Å²) in [6.45, 7) is 0.577. The van der Waals surface area contributed by atoms with E-state index < -0.39 is 0 Å². The Morgan fingerprint density at radius 3 is 1.95 bits per heavy atom. The fourth-order valence-electron chi connectivity index (χ4n) is 2.18. The topological polar surface area (TPSA) is 76.3 Å². The smallest absolute Gasteiger partial charge is 0.119 e. The second-order valence-corrected chi connectivity index (χ2v) is 4.06. The van der Waals surface area contributed by atoms with E-state index in [4.69, 9.17) is 0 Å². The Kier molecular flexibility index (Phi) is 2.08. The van der Waals surface area contributed by atoms with E-state index in [0.717, 1.165) is 10.9 Å². The standard InChI is InChI=1S/C13H8N6/c1-2-14-8-9(15-3-1)11-13(19-7-5-17-11)12-10(8)16-4-6-18-12/h1-2,4-7H,3H2. The van der Waals surface area contributed by atoms with Gasteiger partial charge in [0, 0.05) is 31.0 Å². The molecule has 0 saturated heterocycles. The first-order valence-electron chi connectivity index (χ1n) is 5.86. The molecule has 0 fully saturated rings. The molecule has 6 heteroatoms. The molecule has 0 saturated carbocycles. The molecular formula is C13H8N6. The van der Waals surface area contributed by atoms with Crippen molar-refractivity contribution in [1.82, 2.24) is 19.9 Å². The van der Waals surface area contributed by atoms with Crippen molar-refractivity contribution in [2.75, 3.05) is 6.54 Å². The highest BCUT2D eigenvalue weighted by molar-refractivity contribution is 5.98. The van der Waals surface area contributed by atoms with Crippen LogP contribution in [0.4, 0.5) is 0 Å². The second-order valence-electron chi connectivity index (χ2n) is 4.06. The Morgan fingerprint density at radius 1 is 0.684 bits per heavy atom. The third-order valence-corrected chi connectivity index (χ3v) is 2.96. The Morgan fingerprint density at radius 2 is 1.26 bits per heavy atom. The first-order chi connectivity index (χ1) is 9.45. The summed E-state index contributed by atoms with van der Waals surface area (Å²) in [6, 6.07) is 0. The number of fused-ring (bicyclic) bond motifs is 6. The second kappa shape index (κ2) is 3.88. The van der Waals surface area contributed by atoms with E-state index in [2.05, 4.69) is 29.9 Å². The van der Waals surface area contributed by atoms with Gasteiger partial charge in [-0.15, -0.1) is 0 Å². The summed E-state index contributed by atoms with van der Waals surface area (Å²) in [5.74, 6) is 0. The minimum Gasteiger partial charge on any atom is -0.276 e. The van der Waals surface area contributed by atoms with Crippen molar-refractivity contribution in [2.24, 2.45) is 9.98 Å². The summed E-state index contributed by atoms with van der Waals surface area (Å²) < 4.78 is 0. The first-order valence-corrected chi connectivity index (χ1v) is 5.86. The third kappa shape index (κ3) is 1.43. The molecule has 19 heavy (non-hydrogen) atoms. The van der Waals surface area contributed by atoms with Gasteiger partial charge in [0.1, 0.15) is 32.8 Å². The predicted octanol–water partition coefficient (Wildman–Crippen LogP) is 0.339. The van der Waals surface area contributed by atoms with Crippen LogP contribution in [0.3, 0.4) is 0 Å². The third-order valence-electron chi connectivity index (χ3n) is 2.96. The summed E-state index contributed by atoms with van der Waals surface area (Å²) in [7, 11) is 0. The number of aromatic nitrogens is 4. The van der Waals surface area contributed by atoms with Gasteiger partial charge in [0.05, 0.1) is 6.54 Å². The van der Waals surface area contributed by atoms with Crippen molar-refractivity contribution < 1.29 is 0 Å². The Balaban J connectivity index is 2.44. The maximum atomic E-state index is 4.51. The summed E-state index contributed by atoms with van der Waals surface area (Å²) in [6.07, 6.45) is 10.2. The molecule has 0 unspecified atom stereocenters. The van der Waals surface area contributed by atoms with Crippen LogP contribution in [0.15, 0.2) is 47.0 Å². The largest absolute Gasteiger partial charge is 0.276 e. The minimum atomic E-state index is 0.577. The molecule has 6 nitrogen and oxygen atoms in total. The molecule has 0 spiro atoms. The normalized spacial score (nSPS) is 13.7. The van der Waals surface area contributed by atoms with Crippen molar-refractivity contribution in [3.8, 4) is 0 Å². The predicted molar refractivity (Wildman–Crippen MR) is 69.0 cm³/mol. The average molecular weight is 248 g/mol. The van der Waals surface area contributed by atoms with E-state index in [1.807, 2.05) is 6.08 Å². The van der Waals surface area contributed by atoms with Crippen molar-refractivity contribution >= 4 is 22.1 Å². The Hall–Kier alpha value is -2.76. The highest BCUT2D eigenvalue weighted by Crippen LogP contribution is 2.12. The zero-order valence-corrected chi connectivity index (χ0v) is 9.85. The van der Waals surface area contributed by atoms with E-state index in [1.165, 1.54) is 0 Å². The average Bonchev–Trinajstić information content (AvgIpc) is 2.73. The maximum Gasteiger partial charge on any atom is 0.119 e. The first kappa shape index (κ1) is 10.2. The van der Waals surface area contributed by atoms with Crippen LogP contribution in [0.5, 0.6) is 0 Å². The molecule has 1 aromatic carbocycles. The lowest BCUT2D eigenvalue weighted by Crippen LogP contribution is -2.28. The fraction of sp³-hybridized carbons (Fsp3) is 0.0769. The van der Waals surface area contributed by atoms with Gasteiger partial charge in [0.2, 0.25) is 0 Å². The zero-order valence-electron chi connectivity index (χ0n) is 9.85. The van der Waals surface area contributed by atoms with Crippen LogP contribution in [0.1, 0.15) is 0 Å². The number of rotatable bonds is 0. The van der Waals surface area contributed by atoms with E-state index in [0.29, 0.717) is 28.5 Å².